The first kappa shape index (κ1) is 13.4. The fourth-order valence-electron chi connectivity index (χ4n) is 2.57. The second-order valence-corrected chi connectivity index (χ2v) is 5.18. The van der Waals surface area contributed by atoms with Crippen LogP contribution in [0, 0.1) is 0 Å². The van der Waals surface area contributed by atoms with Crippen molar-refractivity contribution in [2.75, 3.05) is 18.6 Å². The Kier molecular flexibility index (Phi) is 4.25. The molecule has 0 amide bonds. The van der Waals surface area contributed by atoms with Crippen LogP contribution in [0.15, 0.2) is 18.2 Å². The second-order valence-electron chi connectivity index (χ2n) is 4.75. The smallest absolute Gasteiger partial charge is 0.152 e. The number of ether oxygens (including phenoxy) is 1. The molecule has 0 aromatic heterocycles. The molecule has 0 aliphatic carbocycles. The Bertz CT molecular complexity index is 436. The lowest BCUT2D eigenvalue weighted by Crippen LogP contribution is -2.43. The summed E-state index contributed by atoms with van der Waals surface area (Å²) < 4.78 is 5.40. The molecule has 1 fully saturated rings. The van der Waals surface area contributed by atoms with Crippen LogP contribution in [0.1, 0.15) is 30.1 Å². The van der Waals surface area contributed by atoms with E-state index < -0.39 is 0 Å². The van der Waals surface area contributed by atoms with E-state index >= 15 is 0 Å². The molecular weight excluding hydrogens is 250 g/mol. The van der Waals surface area contributed by atoms with E-state index in [4.69, 9.17) is 16.3 Å². The van der Waals surface area contributed by atoms with Crippen molar-refractivity contribution >= 4 is 23.6 Å². The van der Waals surface area contributed by atoms with Crippen molar-refractivity contribution in [3.05, 3.63) is 28.8 Å². The molecule has 1 aromatic carbocycles. The first-order valence-corrected chi connectivity index (χ1v) is 6.57. The molecule has 98 valence electrons. The lowest BCUT2D eigenvalue weighted by Gasteiger charge is -2.39. The summed E-state index contributed by atoms with van der Waals surface area (Å²) in [5, 5.41) is 0.664. The van der Waals surface area contributed by atoms with E-state index in [-0.39, 0.29) is 0 Å². The highest BCUT2D eigenvalue weighted by Crippen LogP contribution is 2.30. The number of aldehydes is 1. The van der Waals surface area contributed by atoms with Gasteiger partial charge in [-0.25, -0.2) is 0 Å². The number of hydrogen-bond donors (Lipinski definition) is 0. The SMILES string of the molecule is COC1CCN(c2cc(Cl)ccc2C=O)C(C)C1. The number of piperidine rings is 1. The van der Waals surface area contributed by atoms with Gasteiger partial charge in [-0.3, -0.25) is 4.79 Å². The minimum atomic E-state index is 0.315. The Morgan fingerprint density at radius 2 is 2.28 bits per heavy atom. The van der Waals surface area contributed by atoms with Crippen molar-refractivity contribution < 1.29 is 9.53 Å². The molecule has 0 N–H and O–H groups in total. The Morgan fingerprint density at radius 1 is 1.50 bits per heavy atom. The lowest BCUT2D eigenvalue weighted by molar-refractivity contribution is 0.0721. The molecule has 1 aliphatic rings. The maximum atomic E-state index is 11.1. The minimum absolute atomic E-state index is 0.315. The van der Waals surface area contributed by atoms with E-state index in [1.807, 2.05) is 6.07 Å². The van der Waals surface area contributed by atoms with Gasteiger partial charge in [0, 0.05) is 36.0 Å². The summed E-state index contributed by atoms with van der Waals surface area (Å²) in [4.78, 5) is 13.4. The fourth-order valence-corrected chi connectivity index (χ4v) is 2.73. The van der Waals surface area contributed by atoms with Crippen LogP contribution in [0.3, 0.4) is 0 Å². The van der Waals surface area contributed by atoms with Crippen LogP contribution < -0.4 is 4.90 Å². The molecule has 0 saturated carbocycles. The second kappa shape index (κ2) is 5.72. The van der Waals surface area contributed by atoms with Gasteiger partial charge in [-0.1, -0.05) is 11.6 Å². The summed E-state index contributed by atoms with van der Waals surface area (Å²) in [5.41, 5.74) is 1.63. The normalized spacial score (nSPS) is 24.1. The summed E-state index contributed by atoms with van der Waals surface area (Å²) in [6.07, 6.45) is 3.16. The third kappa shape index (κ3) is 2.68. The van der Waals surface area contributed by atoms with E-state index in [0.717, 1.165) is 31.4 Å². The maximum absolute atomic E-state index is 11.1. The lowest BCUT2D eigenvalue weighted by atomic mass is 9.98. The minimum Gasteiger partial charge on any atom is -0.381 e. The topological polar surface area (TPSA) is 29.5 Å². The number of carbonyl (C=O) groups is 1. The molecule has 1 aliphatic heterocycles. The van der Waals surface area contributed by atoms with Gasteiger partial charge in [-0.15, -0.1) is 0 Å². The molecule has 1 heterocycles. The zero-order chi connectivity index (χ0) is 13.1. The average molecular weight is 268 g/mol. The molecule has 0 bridgehead atoms. The fraction of sp³-hybridized carbons (Fsp3) is 0.500. The summed E-state index contributed by atoms with van der Waals surface area (Å²) >= 11 is 6.03. The number of nitrogens with zero attached hydrogens (tertiary/aromatic N) is 1. The highest BCUT2D eigenvalue weighted by molar-refractivity contribution is 6.31. The summed E-state index contributed by atoms with van der Waals surface area (Å²) in [7, 11) is 1.75. The van der Waals surface area contributed by atoms with E-state index in [2.05, 4.69) is 11.8 Å². The number of rotatable bonds is 3. The predicted molar refractivity (Wildman–Crippen MR) is 73.7 cm³/mol. The molecule has 0 radical (unpaired) electrons. The number of methoxy groups -OCH3 is 1. The molecule has 2 rings (SSSR count). The van der Waals surface area contributed by atoms with Crippen LogP contribution in [0.4, 0.5) is 5.69 Å². The first-order valence-electron chi connectivity index (χ1n) is 6.20. The maximum Gasteiger partial charge on any atom is 0.152 e. The third-order valence-corrected chi connectivity index (χ3v) is 3.83. The van der Waals surface area contributed by atoms with Crippen molar-refractivity contribution in [2.45, 2.75) is 31.9 Å². The zero-order valence-electron chi connectivity index (χ0n) is 10.7. The third-order valence-electron chi connectivity index (χ3n) is 3.59. The molecule has 1 saturated heterocycles. The van der Waals surface area contributed by atoms with Crippen LogP contribution in [-0.4, -0.2) is 32.1 Å². The van der Waals surface area contributed by atoms with Crippen molar-refractivity contribution in [1.82, 2.24) is 0 Å². The van der Waals surface area contributed by atoms with Gasteiger partial charge in [-0.05, 0) is 38.0 Å². The Balaban J connectivity index is 2.26. The molecule has 1 aromatic rings. The molecule has 18 heavy (non-hydrogen) atoms. The van der Waals surface area contributed by atoms with E-state index in [9.17, 15) is 4.79 Å². The molecule has 3 nitrogen and oxygen atoms in total. The van der Waals surface area contributed by atoms with Gasteiger partial charge in [0.15, 0.2) is 6.29 Å². The molecule has 0 spiro atoms. The van der Waals surface area contributed by atoms with Gasteiger partial charge in [0.1, 0.15) is 0 Å². The number of halogens is 1. The van der Waals surface area contributed by atoms with Crippen molar-refractivity contribution in [1.29, 1.82) is 0 Å². The van der Waals surface area contributed by atoms with Crippen LogP contribution in [-0.2, 0) is 4.74 Å². The highest BCUT2D eigenvalue weighted by atomic mass is 35.5. The quantitative estimate of drug-likeness (QED) is 0.788. The van der Waals surface area contributed by atoms with Gasteiger partial charge >= 0.3 is 0 Å². The number of benzene rings is 1. The monoisotopic (exact) mass is 267 g/mol. The van der Waals surface area contributed by atoms with Gasteiger partial charge in [0.05, 0.1) is 6.10 Å². The highest BCUT2D eigenvalue weighted by Gasteiger charge is 2.26. The number of hydrogen-bond acceptors (Lipinski definition) is 3. The largest absolute Gasteiger partial charge is 0.381 e. The summed E-state index contributed by atoms with van der Waals surface area (Å²) in [5.74, 6) is 0. The van der Waals surface area contributed by atoms with Gasteiger partial charge in [0.25, 0.3) is 0 Å². The van der Waals surface area contributed by atoms with Gasteiger partial charge < -0.3 is 9.64 Å². The summed E-state index contributed by atoms with van der Waals surface area (Å²) in [6.45, 7) is 3.04. The average Bonchev–Trinajstić information content (AvgIpc) is 2.38. The molecule has 2 atom stereocenters. The van der Waals surface area contributed by atoms with Crippen LogP contribution >= 0.6 is 11.6 Å². The molecule has 4 heteroatoms. The standard InChI is InChI=1S/C14H18ClNO2/c1-10-7-13(18-2)5-6-16(10)14-8-12(15)4-3-11(14)9-17/h3-4,8-10,13H,5-7H2,1-2H3. The van der Waals surface area contributed by atoms with E-state index in [0.29, 0.717) is 22.7 Å². The van der Waals surface area contributed by atoms with E-state index in [1.54, 1.807) is 19.2 Å². The van der Waals surface area contributed by atoms with Crippen molar-refractivity contribution in [2.24, 2.45) is 0 Å². The molecular formula is C14H18ClNO2. The van der Waals surface area contributed by atoms with Gasteiger partial charge in [-0.2, -0.15) is 0 Å². The van der Waals surface area contributed by atoms with Crippen molar-refractivity contribution in [3.8, 4) is 0 Å². The van der Waals surface area contributed by atoms with Crippen LogP contribution in [0.25, 0.3) is 0 Å². The Labute approximate surface area is 113 Å². The van der Waals surface area contributed by atoms with E-state index in [1.165, 1.54) is 0 Å². The predicted octanol–water partition coefficient (Wildman–Crippen LogP) is 3.16. The number of anilines is 1. The van der Waals surface area contributed by atoms with Crippen LogP contribution in [0.2, 0.25) is 5.02 Å². The zero-order valence-corrected chi connectivity index (χ0v) is 11.5. The Hall–Kier alpha value is -1.06. The van der Waals surface area contributed by atoms with Gasteiger partial charge in [0.2, 0.25) is 0 Å². The summed E-state index contributed by atoms with van der Waals surface area (Å²) in [6, 6.07) is 5.75. The Morgan fingerprint density at radius 3 is 2.89 bits per heavy atom. The van der Waals surface area contributed by atoms with Crippen molar-refractivity contribution in [3.63, 3.8) is 0 Å². The first-order chi connectivity index (χ1) is 8.65. The molecule has 2 unspecified atom stereocenters. The van der Waals surface area contributed by atoms with Crippen LogP contribution in [0.5, 0.6) is 0 Å². The number of carbonyl (C=O) groups excluding carboxylic acids is 1.